The number of nitrogens with zero attached hydrogens (tertiary/aromatic N) is 1. The highest BCUT2D eigenvalue weighted by Crippen LogP contribution is 2.24. The highest BCUT2D eigenvalue weighted by molar-refractivity contribution is 7.82. The Morgan fingerprint density at radius 1 is 0.833 bits per heavy atom. The van der Waals surface area contributed by atoms with E-state index in [0.29, 0.717) is 12.2 Å². The van der Waals surface area contributed by atoms with Gasteiger partial charge in [0.1, 0.15) is 23.9 Å². The highest BCUT2D eigenvalue weighted by Gasteiger charge is 2.38. The van der Waals surface area contributed by atoms with Gasteiger partial charge in [0.2, 0.25) is 29.5 Å². The molecule has 1 unspecified atom stereocenters. The molecule has 0 aliphatic heterocycles. The summed E-state index contributed by atoms with van der Waals surface area (Å²) < 4.78 is -1.99. The third-order valence-corrected chi connectivity index (χ3v) is 8.30. The minimum Gasteiger partial charge on any atom is -0.508 e. The molecule has 0 saturated carbocycles. The number of carbonyl (C=O) groups excluding carboxylic acids is 5. The van der Waals surface area contributed by atoms with Crippen LogP contribution in [0.15, 0.2) is 42.5 Å². The summed E-state index contributed by atoms with van der Waals surface area (Å²) in [6.07, 6.45) is 0.168. The lowest BCUT2D eigenvalue weighted by molar-refractivity contribution is -0.132. The normalized spacial score (nSPS) is 14.1. The monoisotopic (exact) mass is 702 g/mol. The molecule has 0 saturated heterocycles. The van der Waals surface area contributed by atoms with Gasteiger partial charge in [0.25, 0.3) is 0 Å². The fraction of sp³-hybridized carbons (Fsp3) is 0.500. The van der Waals surface area contributed by atoms with E-state index in [-0.39, 0.29) is 12.2 Å². The summed E-state index contributed by atoms with van der Waals surface area (Å²) in [5, 5.41) is 20.5. The van der Waals surface area contributed by atoms with Crippen molar-refractivity contribution in [2.75, 3.05) is 18.0 Å². The van der Waals surface area contributed by atoms with Gasteiger partial charge in [-0.15, -0.1) is 0 Å². The summed E-state index contributed by atoms with van der Waals surface area (Å²) in [5.41, 5.74) is 8.99. The van der Waals surface area contributed by atoms with Crippen molar-refractivity contribution < 1.29 is 29.1 Å². The van der Waals surface area contributed by atoms with Gasteiger partial charge in [0.15, 0.2) is 0 Å². The first-order valence-electron chi connectivity index (χ1n) is 15.7. The van der Waals surface area contributed by atoms with Gasteiger partial charge in [-0.1, -0.05) is 18.2 Å². The molecule has 0 heterocycles. The van der Waals surface area contributed by atoms with E-state index in [1.54, 1.807) is 77.1 Å². The molecule has 5 amide bonds. The SMILES string of the molecule is CCNC(=O)[C@H](NC(=O)C(C)N(C(=O)CNC(=O)[C@H](NC(=O)[C@@H](N)Cc1c(C)cc(O)cc1C)C(C)(C)S)c1ccccc1)C(C)(C)S. The highest BCUT2D eigenvalue weighted by atomic mass is 32.1. The Morgan fingerprint density at radius 2 is 1.31 bits per heavy atom. The summed E-state index contributed by atoms with van der Waals surface area (Å²) in [5.74, 6) is -2.81. The van der Waals surface area contributed by atoms with E-state index < -0.39 is 69.7 Å². The number of thiol groups is 2. The largest absolute Gasteiger partial charge is 0.508 e. The van der Waals surface area contributed by atoms with Crippen LogP contribution in [0.2, 0.25) is 0 Å². The molecule has 2 rings (SSSR count). The summed E-state index contributed by atoms with van der Waals surface area (Å²) in [4.78, 5) is 67.8. The maximum Gasteiger partial charge on any atom is 0.247 e. The Kier molecular flexibility index (Phi) is 14.4. The quantitative estimate of drug-likeness (QED) is 0.131. The second-order valence-electron chi connectivity index (χ2n) is 12.9. The minimum absolute atomic E-state index is 0.112. The summed E-state index contributed by atoms with van der Waals surface area (Å²) in [6.45, 7) is 13.4. The van der Waals surface area contributed by atoms with Crippen LogP contribution in [0.3, 0.4) is 0 Å². The molecule has 0 spiro atoms. The number of aromatic hydroxyl groups is 1. The fourth-order valence-corrected chi connectivity index (χ4v) is 5.52. The van der Waals surface area contributed by atoms with Gasteiger partial charge in [-0.25, -0.2) is 0 Å². The molecule has 264 valence electrons. The number of anilines is 1. The third kappa shape index (κ3) is 11.2. The van der Waals surface area contributed by atoms with Gasteiger partial charge in [0, 0.05) is 21.7 Å². The zero-order valence-electron chi connectivity index (χ0n) is 28.9. The summed E-state index contributed by atoms with van der Waals surface area (Å²) >= 11 is 9.03. The molecule has 2 aromatic rings. The number of hydrogen-bond acceptors (Lipinski definition) is 9. The molecule has 0 bridgehead atoms. The molecule has 2 aromatic carbocycles. The van der Waals surface area contributed by atoms with Crippen molar-refractivity contribution >= 4 is 60.5 Å². The van der Waals surface area contributed by atoms with Crippen LogP contribution in [-0.4, -0.2) is 81.4 Å². The number of phenols is 1. The second-order valence-corrected chi connectivity index (χ2v) is 15.3. The van der Waals surface area contributed by atoms with Crippen molar-refractivity contribution in [2.45, 2.75) is 95.5 Å². The van der Waals surface area contributed by atoms with Crippen LogP contribution in [0, 0.1) is 13.8 Å². The zero-order chi connectivity index (χ0) is 36.6. The summed E-state index contributed by atoms with van der Waals surface area (Å²) in [7, 11) is 0. The van der Waals surface area contributed by atoms with Crippen molar-refractivity contribution in [2.24, 2.45) is 5.73 Å². The Morgan fingerprint density at radius 3 is 1.79 bits per heavy atom. The minimum atomic E-state index is -1.18. The first-order valence-corrected chi connectivity index (χ1v) is 16.6. The van der Waals surface area contributed by atoms with Crippen LogP contribution in [0.1, 0.15) is 58.2 Å². The third-order valence-electron chi connectivity index (χ3n) is 7.79. The molecule has 48 heavy (non-hydrogen) atoms. The predicted octanol–water partition coefficient (Wildman–Crippen LogP) is 1.94. The average molecular weight is 703 g/mol. The molecule has 7 N–H and O–H groups in total. The first kappa shape index (κ1) is 40.4. The number of nitrogens with two attached hydrogens (primary N) is 1. The van der Waals surface area contributed by atoms with Crippen LogP contribution < -0.4 is 31.9 Å². The van der Waals surface area contributed by atoms with Crippen molar-refractivity contribution in [1.29, 1.82) is 0 Å². The van der Waals surface area contributed by atoms with E-state index in [4.69, 9.17) is 5.73 Å². The number of likely N-dealkylation sites (N-methyl/N-ethyl adjacent to an activating group) is 1. The molecule has 0 fully saturated rings. The van der Waals surface area contributed by atoms with E-state index in [1.807, 2.05) is 13.8 Å². The molecule has 0 aliphatic carbocycles. The van der Waals surface area contributed by atoms with Gasteiger partial charge in [-0.2, -0.15) is 25.3 Å². The van der Waals surface area contributed by atoms with Crippen LogP contribution >= 0.6 is 25.3 Å². The number of carbonyl (C=O) groups is 5. The summed E-state index contributed by atoms with van der Waals surface area (Å²) in [6, 6.07) is 7.32. The lowest BCUT2D eigenvalue weighted by Crippen LogP contribution is -2.61. The van der Waals surface area contributed by atoms with Gasteiger partial charge in [-0.3, -0.25) is 28.9 Å². The predicted molar refractivity (Wildman–Crippen MR) is 194 cm³/mol. The van der Waals surface area contributed by atoms with Gasteiger partial charge >= 0.3 is 0 Å². The number of amides is 5. The maximum atomic E-state index is 13.7. The van der Waals surface area contributed by atoms with E-state index >= 15 is 0 Å². The Bertz CT molecular complexity index is 1450. The van der Waals surface area contributed by atoms with E-state index in [1.165, 1.54) is 11.8 Å². The number of hydrogen-bond donors (Lipinski definition) is 8. The molecule has 14 heteroatoms. The zero-order valence-corrected chi connectivity index (χ0v) is 30.7. The molecule has 4 atom stereocenters. The number of rotatable bonds is 15. The topological polar surface area (TPSA) is 183 Å². The number of phenolic OH excluding ortho intramolecular Hbond substituents is 1. The van der Waals surface area contributed by atoms with Crippen molar-refractivity contribution in [3.05, 3.63) is 59.2 Å². The van der Waals surface area contributed by atoms with Crippen molar-refractivity contribution in [3.8, 4) is 5.75 Å². The van der Waals surface area contributed by atoms with E-state index in [2.05, 4.69) is 46.5 Å². The molecule has 12 nitrogen and oxygen atoms in total. The maximum absolute atomic E-state index is 13.7. The van der Waals surface area contributed by atoms with Crippen LogP contribution in [0.4, 0.5) is 5.69 Å². The number of para-hydroxylation sites is 1. The average Bonchev–Trinajstić information content (AvgIpc) is 2.98. The van der Waals surface area contributed by atoms with Crippen LogP contribution in [0.25, 0.3) is 0 Å². The Balaban J connectivity index is 2.24. The van der Waals surface area contributed by atoms with Crippen molar-refractivity contribution in [3.63, 3.8) is 0 Å². The van der Waals surface area contributed by atoms with E-state index in [0.717, 1.165) is 16.7 Å². The van der Waals surface area contributed by atoms with Crippen molar-refractivity contribution in [1.82, 2.24) is 21.3 Å². The smallest absolute Gasteiger partial charge is 0.247 e. The van der Waals surface area contributed by atoms with Crippen LogP contribution in [0.5, 0.6) is 5.75 Å². The molecule has 0 aliphatic rings. The molecular weight excluding hydrogens is 653 g/mol. The van der Waals surface area contributed by atoms with Gasteiger partial charge < -0.3 is 32.1 Å². The lowest BCUT2D eigenvalue weighted by atomic mass is 9.95. The number of aryl methyl sites for hydroxylation is 2. The molecule has 0 radical (unpaired) electrons. The van der Waals surface area contributed by atoms with Crippen LogP contribution in [-0.2, 0) is 30.4 Å². The number of nitrogens with one attached hydrogen (secondary N) is 4. The molecule has 0 aromatic heterocycles. The Hall–Kier alpha value is -3.75. The lowest BCUT2D eigenvalue weighted by Gasteiger charge is -2.34. The molecular formula is C34H50N6O6S2. The number of benzene rings is 2. The van der Waals surface area contributed by atoms with E-state index in [9.17, 15) is 29.1 Å². The fourth-order valence-electron chi connectivity index (χ4n) is 5.16. The Labute approximate surface area is 294 Å². The second kappa shape index (κ2) is 17.1. The van der Waals surface area contributed by atoms with Gasteiger partial charge in [-0.05, 0) is 103 Å². The first-order chi connectivity index (χ1) is 22.2. The van der Waals surface area contributed by atoms with Gasteiger partial charge in [0.05, 0.1) is 12.6 Å². The standard InChI is InChI=1S/C34H50N6O6S2/c1-9-36-31(45)27(33(5,6)47)38-29(43)21(4)40(22-13-11-10-12-14-22)26(42)18-37-32(46)28(34(7,8)48)39-30(44)25(35)17-24-19(2)15-23(41)16-20(24)3/h10-16,21,25,27-28,41,47-48H,9,17-18,35H2,1-8H3,(H,36,45)(H,37,46)(H,38,43)(H,39,44)/t21?,25-,27-,28-/m0/s1.